The second-order valence-electron chi connectivity index (χ2n) is 3.58. The largest absolute Gasteiger partial charge is 0.497 e. The van der Waals surface area contributed by atoms with E-state index >= 15 is 0 Å². The van der Waals surface area contributed by atoms with E-state index in [1.54, 1.807) is 20.1 Å². The van der Waals surface area contributed by atoms with Gasteiger partial charge in [-0.3, -0.25) is 0 Å². The lowest BCUT2D eigenvalue weighted by molar-refractivity contribution is 0.379. The van der Waals surface area contributed by atoms with Gasteiger partial charge in [0.15, 0.2) is 5.82 Å². The minimum absolute atomic E-state index is 0.452. The number of nitrogen functional groups attached to an aromatic ring is 1. The molecule has 0 aliphatic carbocycles. The minimum Gasteiger partial charge on any atom is -0.497 e. The average molecular weight is 234 g/mol. The Morgan fingerprint density at radius 1 is 1.41 bits per heavy atom. The van der Waals surface area contributed by atoms with E-state index in [0.29, 0.717) is 29.7 Å². The topological polar surface area (TPSA) is 86.2 Å². The Morgan fingerprint density at radius 3 is 2.88 bits per heavy atom. The fourth-order valence-corrected chi connectivity index (χ4v) is 1.43. The number of nitrogens with two attached hydrogens (primary N) is 1. The summed E-state index contributed by atoms with van der Waals surface area (Å²) < 4.78 is 10.1. The van der Waals surface area contributed by atoms with Crippen molar-refractivity contribution >= 4 is 11.4 Å². The highest BCUT2D eigenvalue weighted by molar-refractivity contribution is 5.59. The van der Waals surface area contributed by atoms with Gasteiger partial charge in [-0.2, -0.15) is 4.98 Å². The molecule has 1 aromatic carbocycles. The number of hydrogen-bond donors (Lipinski definition) is 2. The van der Waals surface area contributed by atoms with Gasteiger partial charge in [0, 0.05) is 23.5 Å². The molecule has 0 atom stereocenters. The number of aromatic nitrogens is 2. The molecule has 90 valence electrons. The molecule has 0 aliphatic rings. The van der Waals surface area contributed by atoms with Gasteiger partial charge in [0.05, 0.1) is 13.7 Å². The van der Waals surface area contributed by atoms with E-state index in [0.717, 1.165) is 5.69 Å². The highest BCUT2D eigenvalue weighted by atomic mass is 16.5. The van der Waals surface area contributed by atoms with Crippen molar-refractivity contribution in [3.8, 4) is 5.75 Å². The highest BCUT2D eigenvalue weighted by Gasteiger charge is 2.03. The summed E-state index contributed by atoms with van der Waals surface area (Å²) in [5.74, 6) is 1.85. The molecule has 0 unspecified atom stereocenters. The molecule has 6 heteroatoms. The van der Waals surface area contributed by atoms with E-state index in [1.165, 1.54) is 0 Å². The van der Waals surface area contributed by atoms with Crippen molar-refractivity contribution in [1.29, 1.82) is 0 Å². The maximum atomic E-state index is 5.74. The predicted octanol–water partition coefficient (Wildman–Crippen LogP) is 1.58. The van der Waals surface area contributed by atoms with E-state index in [2.05, 4.69) is 15.5 Å². The van der Waals surface area contributed by atoms with Crippen LogP contribution in [0.5, 0.6) is 5.75 Å². The van der Waals surface area contributed by atoms with Crippen molar-refractivity contribution < 1.29 is 9.26 Å². The summed E-state index contributed by atoms with van der Waals surface area (Å²) >= 11 is 0. The molecule has 3 N–H and O–H groups in total. The summed E-state index contributed by atoms with van der Waals surface area (Å²) in [6, 6.07) is 5.41. The zero-order chi connectivity index (χ0) is 12.3. The molecule has 0 spiro atoms. The van der Waals surface area contributed by atoms with Crippen LogP contribution >= 0.6 is 0 Å². The first-order valence-electron chi connectivity index (χ1n) is 5.15. The van der Waals surface area contributed by atoms with Crippen LogP contribution in [0.3, 0.4) is 0 Å². The lowest BCUT2D eigenvalue weighted by Crippen LogP contribution is -2.01. The molecule has 6 nitrogen and oxygen atoms in total. The first kappa shape index (κ1) is 11.3. The van der Waals surface area contributed by atoms with E-state index in [4.69, 9.17) is 15.0 Å². The second kappa shape index (κ2) is 4.73. The Bertz CT molecular complexity index is 510. The number of ether oxygens (including phenoxy) is 1. The number of nitrogens with one attached hydrogen (secondary N) is 1. The minimum atomic E-state index is 0.452. The van der Waals surface area contributed by atoms with Gasteiger partial charge in [0.1, 0.15) is 5.75 Å². The molecule has 1 heterocycles. The van der Waals surface area contributed by atoms with Crippen LogP contribution in [0.25, 0.3) is 0 Å². The number of nitrogens with zero attached hydrogens (tertiary/aromatic N) is 2. The van der Waals surface area contributed by atoms with Gasteiger partial charge in [-0.05, 0) is 13.0 Å². The lowest BCUT2D eigenvalue weighted by Gasteiger charge is -2.07. The zero-order valence-electron chi connectivity index (χ0n) is 9.73. The quantitative estimate of drug-likeness (QED) is 0.781. The summed E-state index contributed by atoms with van der Waals surface area (Å²) in [7, 11) is 1.60. The Labute approximate surface area is 98.8 Å². The van der Waals surface area contributed by atoms with Gasteiger partial charge in [-0.15, -0.1) is 0 Å². The Balaban J connectivity index is 2.05. The Morgan fingerprint density at radius 2 is 2.24 bits per heavy atom. The van der Waals surface area contributed by atoms with Crippen LogP contribution in [0.15, 0.2) is 22.7 Å². The first-order chi connectivity index (χ1) is 8.17. The fraction of sp³-hybridized carbons (Fsp3) is 0.273. The fourth-order valence-electron chi connectivity index (χ4n) is 1.43. The SMILES string of the molecule is COc1cc(N)cc(NCc2nc(C)no2)c1. The molecule has 0 radical (unpaired) electrons. The van der Waals surface area contributed by atoms with Crippen molar-refractivity contribution in [3.63, 3.8) is 0 Å². The monoisotopic (exact) mass is 234 g/mol. The number of anilines is 2. The highest BCUT2D eigenvalue weighted by Crippen LogP contribution is 2.22. The second-order valence-corrected chi connectivity index (χ2v) is 3.58. The van der Waals surface area contributed by atoms with Crippen molar-refractivity contribution in [2.24, 2.45) is 0 Å². The molecule has 1 aromatic heterocycles. The third-order valence-electron chi connectivity index (χ3n) is 2.18. The number of aryl methyl sites for hydroxylation is 1. The molecular formula is C11H14N4O2. The third kappa shape index (κ3) is 2.87. The molecule has 0 aliphatic heterocycles. The maximum Gasteiger partial charge on any atom is 0.245 e. The predicted molar refractivity (Wildman–Crippen MR) is 63.8 cm³/mol. The van der Waals surface area contributed by atoms with Gasteiger partial charge in [0.25, 0.3) is 0 Å². The molecule has 0 fully saturated rings. The van der Waals surface area contributed by atoms with Crippen molar-refractivity contribution in [1.82, 2.24) is 10.1 Å². The Hall–Kier alpha value is -2.24. The van der Waals surface area contributed by atoms with Crippen LogP contribution in [0.1, 0.15) is 11.7 Å². The van der Waals surface area contributed by atoms with Gasteiger partial charge < -0.3 is 20.3 Å². The molecule has 0 amide bonds. The number of methoxy groups -OCH3 is 1. The Kier molecular flexibility index (Phi) is 3.13. The van der Waals surface area contributed by atoms with Gasteiger partial charge in [-0.1, -0.05) is 5.16 Å². The normalized spacial score (nSPS) is 10.2. The first-order valence-corrected chi connectivity index (χ1v) is 5.15. The maximum absolute atomic E-state index is 5.74. The summed E-state index contributed by atoms with van der Waals surface area (Å²) in [4.78, 5) is 4.09. The van der Waals surface area contributed by atoms with E-state index in [9.17, 15) is 0 Å². The molecule has 0 saturated heterocycles. The average Bonchev–Trinajstić information content (AvgIpc) is 2.72. The smallest absolute Gasteiger partial charge is 0.245 e. The summed E-state index contributed by atoms with van der Waals surface area (Å²) in [5, 5.41) is 6.84. The summed E-state index contributed by atoms with van der Waals surface area (Å²) in [6.45, 7) is 2.23. The van der Waals surface area contributed by atoms with Crippen molar-refractivity contribution in [3.05, 3.63) is 29.9 Å². The lowest BCUT2D eigenvalue weighted by atomic mass is 10.2. The number of hydrogen-bond acceptors (Lipinski definition) is 6. The van der Waals surface area contributed by atoms with Crippen LogP contribution in [0.2, 0.25) is 0 Å². The zero-order valence-corrected chi connectivity index (χ0v) is 9.73. The summed E-state index contributed by atoms with van der Waals surface area (Å²) in [6.07, 6.45) is 0. The molecule has 0 bridgehead atoms. The van der Waals surface area contributed by atoms with E-state index < -0.39 is 0 Å². The molecule has 2 aromatic rings. The molecule has 2 rings (SSSR count). The van der Waals surface area contributed by atoms with Crippen LogP contribution in [-0.2, 0) is 6.54 Å². The molecule has 0 saturated carbocycles. The van der Waals surface area contributed by atoms with Crippen molar-refractivity contribution in [2.75, 3.05) is 18.2 Å². The molecule has 17 heavy (non-hydrogen) atoms. The molecular weight excluding hydrogens is 220 g/mol. The van der Waals surface area contributed by atoms with Gasteiger partial charge >= 0.3 is 0 Å². The van der Waals surface area contributed by atoms with Crippen LogP contribution in [0.4, 0.5) is 11.4 Å². The van der Waals surface area contributed by atoms with Gasteiger partial charge in [0.2, 0.25) is 5.89 Å². The van der Waals surface area contributed by atoms with Crippen LogP contribution in [0, 0.1) is 6.92 Å². The van der Waals surface area contributed by atoms with Crippen molar-refractivity contribution in [2.45, 2.75) is 13.5 Å². The third-order valence-corrected chi connectivity index (χ3v) is 2.18. The number of benzene rings is 1. The van der Waals surface area contributed by atoms with Crippen LogP contribution < -0.4 is 15.8 Å². The van der Waals surface area contributed by atoms with E-state index in [-0.39, 0.29) is 0 Å². The number of rotatable bonds is 4. The van der Waals surface area contributed by atoms with E-state index in [1.807, 2.05) is 12.1 Å². The summed E-state index contributed by atoms with van der Waals surface area (Å²) in [5.41, 5.74) is 7.21. The standard InChI is InChI=1S/C11H14N4O2/c1-7-14-11(17-15-7)6-13-9-3-8(12)4-10(5-9)16-2/h3-5,13H,6,12H2,1-2H3. The van der Waals surface area contributed by atoms with Crippen LogP contribution in [-0.4, -0.2) is 17.3 Å². The van der Waals surface area contributed by atoms with Gasteiger partial charge in [-0.25, -0.2) is 0 Å².